The average molecular weight is 323 g/mol. The molecule has 2 aromatic carbocycles. The fourth-order valence-corrected chi connectivity index (χ4v) is 2.20. The van der Waals surface area contributed by atoms with Crippen LogP contribution in [0, 0.1) is 0 Å². The van der Waals surface area contributed by atoms with E-state index in [4.69, 9.17) is 9.15 Å². The van der Waals surface area contributed by atoms with Crippen molar-refractivity contribution in [1.29, 1.82) is 0 Å². The maximum Gasteiger partial charge on any atom is 0.322 e. The molecule has 0 saturated carbocycles. The van der Waals surface area contributed by atoms with Crippen LogP contribution in [-0.4, -0.2) is 22.7 Å². The van der Waals surface area contributed by atoms with Gasteiger partial charge in [-0.2, -0.15) is 0 Å². The number of nitrogens with one attached hydrogen (secondary N) is 1. The molecule has 0 aliphatic carbocycles. The van der Waals surface area contributed by atoms with Crippen molar-refractivity contribution in [3.05, 3.63) is 60.2 Å². The number of anilines is 1. The fourth-order valence-electron chi connectivity index (χ4n) is 2.20. The third kappa shape index (κ3) is 3.98. The van der Waals surface area contributed by atoms with Crippen LogP contribution in [0.3, 0.4) is 0 Å². The molecule has 0 aliphatic heterocycles. The molecule has 1 aromatic heterocycles. The van der Waals surface area contributed by atoms with Gasteiger partial charge in [0.25, 0.3) is 0 Å². The molecule has 0 spiro atoms. The number of benzene rings is 2. The van der Waals surface area contributed by atoms with Crippen LogP contribution in [0.15, 0.2) is 59.0 Å². The standard InChI is InChI=1S/C18H17N3O3/c1-2-23-15-10-8-14(9-11-15)17-20-21-18(24-17)19-16(22)12-13-6-4-3-5-7-13/h3-11H,2,12H2,1H3,(H,19,21,22). The van der Waals surface area contributed by atoms with E-state index < -0.39 is 0 Å². The van der Waals surface area contributed by atoms with Crippen molar-refractivity contribution >= 4 is 11.9 Å². The van der Waals surface area contributed by atoms with Crippen LogP contribution >= 0.6 is 0 Å². The van der Waals surface area contributed by atoms with E-state index in [9.17, 15) is 4.79 Å². The van der Waals surface area contributed by atoms with Crippen molar-refractivity contribution in [2.24, 2.45) is 0 Å². The molecule has 1 heterocycles. The highest BCUT2D eigenvalue weighted by molar-refractivity contribution is 5.90. The Morgan fingerprint density at radius 1 is 1.08 bits per heavy atom. The largest absolute Gasteiger partial charge is 0.494 e. The second-order valence-electron chi connectivity index (χ2n) is 5.08. The number of rotatable bonds is 6. The summed E-state index contributed by atoms with van der Waals surface area (Å²) >= 11 is 0. The number of aromatic nitrogens is 2. The summed E-state index contributed by atoms with van der Waals surface area (Å²) in [5, 5.41) is 10.4. The van der Waals surface area contributed by atoms with Gasteiger partial charge in [0.15, 0.2) is 0 Å². The summed E-state index contributed by atoms with van der Waals surface area (Å²) < 4.78 is 10.9. The normalized spacial score (nSPS) is 10.4. The summed E-state index contributed by atoms with van der Waals surface area (Å²) in [4.78, 5) is 12.0. The lowest BCUT2D eigenvalue weighted by atomic mass is 10.1. The van der Waals surface area contributed by atoms with Crippen molar-refractivity contribution in [2.75, 3.05) is 11.9 Å². The number of carbonyl (C=O) groups excluding carboxylic acids is 1. The van der Waals surface area contributed by atoms with Crippen LogP contribution in [-0.2, 0) is 11.2 Å². The van der Waals surface area contributed by atoms with Gasteiger partial charge in [-0.05, 0) is 36.8 Å². The molecule has 3 rings (SSSR count). The summed E-state index contributed by atoms with van der Waals surface area (Å²) in [5.74, 6) is 0.910. The molecule has 1 N–H and O–H groups in total. The molecule has 3 aromatic rings. The number of hydrogen-bond donors (Lipinski definition) is 1. The zero-order chi connectivity index (χ0) is 16.8. The third-order valence-corrected chi connectivity index (χ3v) is 3.29. The Kier molecular flexibility index (Phi) is 4.86. The van der Waals surface area contributed by atoms with Gasteiger partial charge in [-0.1, -0.05) is 35.4 Å². The first-order valence-corrected chi connectivity index (χ1v) is 7.65. The van der Waals surface area contributed by atoms with Gasteiger partial charge in [0, 0.05) is 5.56 Å². The number of nitrogens with zero attached hydrogens (tertiary/aromatic N) is 2. The molecular weight excluding hydrogens is 306 g/mol. The van der Waals surface area contributed by atoms with Gasteiger partial charge < -0.3 is 9.15 Å². The smallest absolute Gasteiger partial charge is 0.322 e. The molecule has 0 aliphatic rings. The molecule has 0 atom stereocenters. The minimum Gasteiger partial charge on any atom is -0.494 e. The molecule has 0 radical (unpaired) electrons. The Morgan fingerprint density at radius 2 is 1.83 bits per heavy atom. The maximum absolute atomic E-state index is 12.0. The highest BCUT2D eigenvalue weighted by Crippen LogP contribution is 2.22. The maximum atomic E-state index is 12.0. The topological polar surface area (TPSA) is 77.3 Å². The third-order valence-electron chi connectivity index (χ3n) is 3.29. The molecule has 6 nitrogen and oxygen atoms in total. The Hall–Kier alpha value is -3.15. The first kappa shape index (κ1) is 15.7. The lowest BCUT2D eigenvalue weighted by Crippen LogP contribution is -2.14. The van der Waals surface area contributed by atoms with E-state index in [0.29, 0.717) is 12.5 Å². The molecule has 0 bridgehead atoms. The molecule has 122 valence electrons. The van der Waals surface area contributed by atoms with E-state index in [1.165, 1.54) is 0 Å². The van der Waals surface area contributed by atoms with Crippen LogP contribution < -0.4 is 10.1 Å². The second kappa shape index (κ2) is 7.41. The molecule has 0 unspecified atom stereocenters. The van der Waals surface area contributed by atoms with Crippen LogP contribution in [0.4, 0.5) is 6.01 Å². The molecule has 6 heteroatoms. The monoisotopic (exact) mass is 323 g/mol. The Morgan fingerprint density at radius 3 is 2.54 bits per heavy atom. The number of hydrogen-bond acceptors (Lipinski definition) is 5. The van der Waals surface area contributed by atoms with Gasteiger partial charge in [-0.3, -0.25) is 10.1 Å². The molecule has 0 saturated heterocycles. The number of ether oxygens (including phenoxy) is 1. The van der Waals surface area contributed by atoms with Crippen molar-refractivity contribution in [3.63, 3.8) is 0 Å². The number of amides is 1. The van der Waals surface area contributed by atoms with Crippen molar-refractivity contribution in [3.8, 4) is 17.2 Å². The average Bonchev–Trinajstić information content (AvgIpc) is 3.05. The SMILES string of the molecule is CCOc1ccc(-c2nnc(NC(=O)Cc3ccccc3)o2)cc1. The summed E-state index contributed by atoms with van der Waals surface area (Å²) in [6, 6.07) is 16.9. The highest BCUT2D eigenvalue weighted by atomic mass is 16.5. The van der Waals surface area contributed by atoms with Gasteiger partial charge in [0.1, 0.15) is 5.75 Å². The molecular formula is C18H17N3O3. The Labute approximate surface area is 139 Å². The van der Waals surface area contributed by atoms with E-state index >= 15 is 0 Å². The van der Waals surface area contributed by atoms with Gasteiger partial charge in [0.2, 0.25) is 11.8 Å². The van der Waals surface area contributed by atoms with E-state index in [1.54, 1.807) is 0 Å². The highest BCUT2D eigenvalue weighted by Gasteiger charge is 2.12. The van der Waals surface area contributed by atoms with E-state index in [-0.39, 0.29) is 18.3 Å². The summed E-state index contributed by atoms with van der Waals surface area (Å²) in [6.45, 7) is 2.54. The van der Waals surface area contributed by atoms with Gasteiger partial charge >= 0.3 is 6.01 Å². The van der Waals surface area contributed by atoms with Crippen LogP contribution in [0.25, 0.3) is 11.5 Å². The van der Waals surface area contributed by atoms with Crippen LogP contribution in [0.1, 0.15) is 12.5 Å². The van der Waals surface area contributed by atoms with Crippen LogP contribution in [0.2, 0.25) is 0 Å². The van der Waals surface area contributed by atoms with Gasteiger partial charge in [-0.15, -0.1) is 5.10 Å². The quantitative estimate of drug-likeness (QED) is 0.753. The van der Waals surface area contributed by atoms with Crippen LogP contribution in [0.5, 0.6) is 5.75 Å². The number of carbonyl (C=O) groups is 1. The summed E-state index contributed by atoms with van der Waals surface area (Å²) in [7, 11) is 0. The first-order valence-electron chi connectivity index (χ1n) is 7.65. The lowest BCUT2D eigenvalue weighted by molar-refractivity contribution is -0.115. The van der Waals surface area contributed by atoms with E-state index in [2.05, 4.69) is 15.5 Å². The Balaban J connectivity index is 1.63. The summed E-state index contributed by atoms with van der Waals surface area (Å²) in [5.41, 5.74) is 1.68. The predicted molar refractivity (Wildman–Crippen MR) is 89.7 cm³/mol. The minimum absolute atomic E-state index is 0.0832. The second-order valence-corrected chi connectivity index (χ2v) is 5.08. The van der Waals surface area contributed by atoms with Gasteiger partial charge in [-0.25, -0.2) is 0 Å². The summed E-state index contributed by atoms with van der Waals surface area (Å²) in [6.07, 6.45) is 0.252. The van der Waals surface area contributed by atoms with E-state index in [0.717, 1.165) is 16.9 Å². The predicted octanol–water partition coefficient (Wildman–Crippen LogP) is 3.32. The zero-order valence-electron chi connectivity index (χ0n) is 13.2. The van der Waals surface area contributed by atoms with Crippen molar-refractivity contribution < 1.29 is 13.9 Å². The van der Waals surface area contributed by atoms with Crippen molar-refractivity contribution in [2.45, 2.75) is 13.3 Å². The minimum atomic E-state index is -0.205. The zero-order valence-corrected chi connectivity index (χ0v) is 13.2. The van der Waals surface area contributed by atoms with Crippen molar-refractivity contribution in [1.82, 2.24) is 10.2 Å². The molecule has 1 amide bonds. The van der Waals surface area contributed by atoms with Gasteiger partial charge in [0.05, 0.1) is 13.0 Å². The first-order chi connectivity index (χ1) is 11.7. The molecule has 0 fully saturated rings. The lowest BCUT2D eigenvalue weighted by Gasteiger charge is -2.02. The fraction of sp³-hybridized carbons (Fsp3) is 0.167. The Bertz CT molecular complexity index is 798. The molecule has 24 heavy (non-hydrogen) atoms. The van der Waals surface area contributed by atoms with E-state index in [1.807, 2.05) is 61.5 Å².